The predicted molar refractivity (Wildman–Crippen MR) is 58.5 cm³/mol. The van der Waals surface area contributed by atoms with E-state index in [1.165, 1.54) is 11.3 Å². The summed E-state index contributed by atoms with van der Waals surface area (Å²) in [6, 6.07) is 5.88. The summed E-state index contributed by atoms with van der Waals surface area (Å²) in [4.78, 5) is 3.00. The van der Waals surface area contributed by atoms with Crippen molar-refractivity contribution in [3.8, 4) is 0 Å². The highest BCUT2D eigenvalue weighted by Gasteiger charge is 2.39. The van der Waals surface area contributed by atoms with Crippen molar-refractivity contribution in [2.24, 2.45) is 0 Å². The van der Waals surface area contributed by atoms with Crippen LogP contribution in [0.5, 0.6) is 0 Å². The van der Waals surface area contributed by atoms with Gasteiger partial charge in [0.25, 0.3) is 0 Å². The Morgan fingerprint density at radius 3 is 2.77 bits per heavy atom. The minimum atomic E-state index is 0.621. The monoisotopic (exact) mass is 195 g/mol. The minimum absolute atomic E-state index is 0.621. The molecule has 0 aliphatic heterocycles. The van der Waals surface area contributed by atoms with Crippen molar-refractivity contribution >= 4 is 11.3 Å². The molecule has 1 aliphatic carbocycles. The summed E-state index contributed by atoms with van der Waals surface area (Å²) in [5.41, 5.74) is 0. The first kappa shape index (κ1) is 9.22. The highest BCUT2D eigenvalue weighted by molar-refractivity contribution is 7.12. The van der Waals surface area contributed by atoms with E-state index < -0.39 is 0 Å². The second-order valence-corrected chi connectivity index (χ2v) is 5.54. The van der Waals surface area contributed by atoms with E-state index in [4.69, 9.17) is 0 Å². The van der Waals surface area contributed by atoms with Crippen molar-refractivity contribution in [3.05, 3.63) is 21.9 Å². The molecule has 72 valence electrons. The second kappa shape index (κ2) is 3.43. The lowest BCUT2D eigenvalue weighted by molar-refractivity contribution is 0.577. The Morgan fingerprint density at radius 2 is 2.23 bits per heavy atom. The molecule has 1 aromatic rings. The van der Waals surface area contributed by atoms with Gasteiger partial charge in [-0.3, -0.25) is 0 Å². The van der Waals surface area contributed by atoms with Crippen molar-refractivity contribution in [2.45, 2.75) is 45.2 Å². The maximum absolute atomic E-state index is 3.58. The summed E-state index contributed by atoms with van der Waals surface area (Å²) in [5.74, 6) is 0.807. The average Bonchev–Trinajstić information content (AvgIpc) is 2.63. The van der Waals surface area contributed by atoms with Gasteiger partial charge >= 0.3 is 0 Å². The maximum atomic E-state index is 3.58. The molecular weight excluding hydrogens is 178 g/mol. The van der Waals surface area contributed by atoms with Crippen molar-refractivity contribution < 1.29 is 0 Å². The van der Waals surface area contributed by atoms with Crippen LogP contribution in [0.15, 0.2) is 12.1 Å². The Morgan fingerprint density at radius 1 is 1.46 bits per heavy atom. The van der Waals surface area contributed by atoms with Crippen LogP contribution in [0.2, 0.25) is 0 Å². The van der Waals surface area contributed by atoms with Crippen molar-refractivity contribution in [1.29, 1.82) is 0 Å². The van der Waals surface area contributed by atoms with Gasteiger partial charge < -0.3 is 5.32 Å². The van der Waals surface area contributed by atoms with Gasteiger partial charge in [-0.25, -0.2) is 0 Å². The van der Waals surface area contributed by atoms with Gasteiger partial charge in [-0.15, -0.1) is 11.3 Å². The van der Waals surface area contributed by atoms with Gasteiger partial charge in [0.2, 0.25) is 0 Å². The number of thiophene rings is 1. The molecule has 0 spiro atoms. The molecule has 0 aromatic carbocycles. The normalized spacial score (nSPS) is 26.8. The molecule has 1 nitrogen and oxygen atoms in total. The molecule has 1 saturated carbocycles. The number of rotatable bonds is 3. The zero-order valence-corrected chi connectivity index (χ0v) is 9.32. The topological polar surface area (TPSA) is 12.0 Å². The molecule has 2 unspecified atom stereocenters. The molecule has 1 N–H and O–H groups in total. The molecule has 1 heterocycles. The van der Waals surface area contributed by atoms with Crippen LogP contribution in [0.25, 0.3) is 0 Å². The summed E-state index contributed by atoms with van der Waals surface area (Å²) in [5, 5.41) is 3.58. The average molecular weight is 195 g/mol. The van der Waals surface area contributed by atoms with E-state index in [1.54, 1.807) is 4.88 Å². The molecule has 2 heteroatoms. The predicted octanol–water partition coefficient (Wildman–Crippen LogP) is 2.91. The van der Waals surface area contributed by atoms with Crippen LogP contribution in [0, 0.1) is 6.92 Å². The number of aryl methyl sites for hydroxylation is 1. The quantitative estimate of drug-likeness (QED) is 0.782. The van der Waals surface area contributed by atoms with Gasteiger partial charge in [0, 0.05) is 27.8 Å². The number of hydrogen-bond donors (Lipinski definition) is 1. The fourth-order valence-corrected chi connectivity index (χ4v) is 2.83. The highest BCUT2D eigenvalue weighted by atomic mass is 32.1. The standard InChI is InChI=1S/C11H17NS/c1-7(2)12-10-6-9(10)11-5-4-8(3)13-11/h4-5,7,9-10,12H,6H2,1-3H3. The smallest absolute Gasteiger partial charge is 0.0153 e. The fourth-order valence-electron chi connectivity index (χ4n) is 1.77. The molecule has 0 bridgehead atoms. The lowest BCUT2D eigenvalue weighted by Gasteiger charge is -2.05. The highest BCUT2D eigenvalue weighted by Crippen LogP contribution is 2.43. The summed E-state index contributed by atoms with van der Waals surface area (Å²) in [6.07, 6.45) is 1.33. The third-order valence-corrected chi connectivity index (χ3v) is 3.60. The van der Waals surface area contributed by atoms with Gasteiger partial charge in [0.1, 0.15) is 0 Å². The van der Waals surface area contributed by atoms with Gasteiger partial charge in [0.05, 0.1) is 0 Å². The number of nitrogens with one attached hydrogen (secondary N) is 1. The molecule has 0 amide bonds. The molecule has 0 saturated heterocycles. The zero-order chi connectivity index (χ0) is 9.42. The van der Waals surface area contributed by atoms with Crippen LogP contribution in [0.1, 0.15) is 35.9 Å². The van der Waals surface area contributed by atoms with Crippen LogP contribution < -0.4 is 5.32 Å². The van der Waals surface area contributed by atoms with Crippen LogP contribution >= 0.6 is 11.3 Å². The molecule has 0 radical (unpaired) electrons. The minimum Gasteiger partial charge on any atom is -0.311 e. The zero-order valence-electron chi connectivity index (χ0n) is 8.50. The molecule has 2 rings (SSSR count). The summed E-state index contributed by atoms with van der Waals surface area (Å²) in [7, 11) is 0. The molecule has 2 atom stereocenters. The van der Waals surface area contributed by atoms with E-state index in [-0.39, 0.29) is 0 Å². The Labute approximate surface area is 84.2 Å². The Balaban J connectivity index is 1.92. The lowest BCUT2D eigenvalue weighted by atomic mass is 10.3. The Hall–Kier alpha value is -0.340. The van der Waals surface area contributed by atoms with Crippen LogP contribution in [0.4, 0.5) is 0 Å². The lowest BCUT2D eigenvalue weighted by Crippen LogP contribution is -2.25. The molecule has 1 aromatic heterocycles. The first-order valence-electron chi connectivity index (χ1n) is 4.99. The third kappa shape index (κ3) is 2.12. The van der Waals surface area contributed by atoms with E-state index in [1.807, 2.05) is 11.3 Å². The van der Waals surface area contributed by atoms with E-state index in [2.05, 4.69) is 38.2 Å². The van der Waals surface area contributed by atoms with Crippen LogP contribution in [0.3, 0.4) is 0 Å². The largest absolute Gasteiger partial charge is 0.311 e. The van der Waals surface area contributed by atoms with Crippen molar-refractivity contribution in [1.82, 2.24) is 5.32 Å². The van der Waals surface area contributed by atoms with E-state index in [0.717, 1.165) is 12.0 Å². The van der Waals surface area contributed by atoms with Gasteiger partial charge in [-0.2, -0.15) is 0 Å². The third-order valence-electron chi connectivity index (χ3n) is 2.46. The Kier molecular flexibility index (Phi) is 2.43. The molecular formula is C11H17NS. The van der Waals surface area contributed by atoms with Crippen molar-refractivity contribution in [3.63, 3.8) is 0 Å². The van der Waals surface area contributed by atoms with Crippen LogP contribution in [-0.2, 0) is 0 Å². The molecule has 1 fully saturated rings. The second-order valence-electron chi connectivity index (χ2n) is 4.22. The summed E-state index contributed by atoms with van der Waals surface area (Å²) < 4.78 is 0. The summed E-state index contributed by atoms with van der Waals surface area (Å²) in [6.45, 7) is 6.62. The van der Waals surface area contributed by atoms with Gasteiger partial charge in [0.15, 0.2) is 0 Å². The van der Waals surface area contributed by atoms with Crippen LogP contribution in [-0.4, -0.2) is 12.1 Å². The fraction of sp³-hybridized carbons (Fsp3) is 0.636. The summed E-state index contributed by atoms with van der Waals surface area (Å²) >= 11 is 1.95. The van der Waals surface area contributed by atoms with E-state index in [0.29, 0.717) is 6.04 Å². The SMILES string of the molecule is Cc1ccc(C2CC2NC(C)C)s1. The van der Waals surface area contributed by atoms with Gasteiger partial charge in [-0.1, -0.05) is 13.8 Å². The first-order valence-corrected chi connectivity index (χ1v) is 5.81. The van der Waals surface area contributed by atoms with E-state index in [9.17, 15) is 0 Å². The molecule has 1 aliphatic rings. The van der Waals surface area contributed by atoms with Crippen molar-refractivity contribution in [2.75, 3.05) is 0 Å². The molecule has 13 heavy (non-hydrogen) atoms. The first-order chi connectivity index (χ1) is 6.16. The Bertz CT molecular complexity index is 290. The van der Waals surface area contributed by atoms with Gasteiger partial charge in [-0.05, 0) is 25.5 Å². The number of hydrogen-bond acceptors (Lipinski definition) is 2. The maximum Gasteiger partial charge on any atom is 0.0153 e. The van der Waals surface area contributed by atoms with E-state index >= 15 is 0 Å².